The molecule has 0 amide bonds. The van der Waals surface area contributed by atoms with Gasteiger partial charge in [0.15, 0.2) is 0 Å². The summed E-state index contributed by atoms with van der Waals surface area (Å²) in [5.74, 6) is 5.29. The molecule has 0 saturated carbocycles. The second kappa shape index (κ2) is 5.99. The number of nitrogens with one attached hydrogen (secondary N) is 1. The summed E-state index contributed by atoms with van der Waals surface area (Å²) in [5.41, 5.74) is 8.27. The van der Waals surface area contributed by atoms with Crippen LogP contribution in [0.1, 0.15) is 22.3 Å². The standard InChI is InChI=1S/C13H23N3/c1-10-7-11(2)13(12(3)8-10)5-6-16(4)9-15-14/h7-8,15H,5-6,9,14H2,1-4H3. The highest BCUT2D eigenvalue weighted by Gasteiger charge is 2.05. The summed E-state index contributed by atoms with van der Waals surface area (Å²) in [6.45, 7) is 8.28. The van der Waals surface area contributed by atoms with Crippen molar-refractivity contribution in [1.29, 1.82) is 0 Å². The van der Waals surface area contributed by atoms with Crippen LogP contribution < -0.4 is 11.3 Å². The van der Waals surface area contributed by atoms with Crippen molar-refractivity contribution >= 4 is 0 Å². The Labute approximate surface area is 98.6 Å². The fraction of sp³-hybridized carbons (Fsp3) is 0.538. The topological polar surface area (TPSA) is 41.3 Å². The molecule has 3 N–H and O–H groups in total. The molecular weight excluding hydrogens is 198 g/mol. The van der Waals surface area contributed by atoms with E-state index < -0.39 is 0 Å². The van der Waals surface area contributed by atoms with Crippen LogP contribution in [0.5, 0.6) is 0 Å². The largest absolute Gasteiger partial charge is 0.292 e. The van der Waals surface area contributed by atoms with Gasteiger partial charge in [-0.1, -0.05) is 17.7 Å². The zero-order valence-corrected chi connectivity index (χ0v) is 10.8. The first-order valence-electron chi connectivity index (χ1n) is 5.73. The Morgan fingerprint density at radius 1 is 1.19 bits per heavy atom. The Morgan fingerprint density at radius 3 is 2.25 bits per heavy atom. The molecule has 3 nitrogen and oxygen atoms in total. The molecule has 3 heteroatoms. The van der Waals surface area contributed by atoms with Crippen molar-refractivity contribution in [2.24, 2.45) is 5.84 Å². The van der Waals surface area contributed by atoms with Crippen LogP contribution in [0, 0.1) is 20.8 Å². The van der Waals surface area contributed by atoms with Crippen LogP contribution in [-0.2, 0) is 6.42 Å². The minimum atomic E-state index is 0.726. The van der Waals surface area contributed by atoms with Crippen LogP contribution in [0.2, 0.25) is 0 Å². The van der Waals surface area contributed by atoms with Gasteiger partial charge in [0.25, 0.3) is 0 Å². The van der Waals surface area contributed by atoms with E-state index in [9.17, 15) is 0 Å². The Morgan fingerprint density at radius 2 is 1.75 bits per heavy atom. The molecule has 0 aliphatic heterocycles. The van der Waals surface area contributed by atoms with Crippen molar-refractivity contribution in [1.82, 2.24) is 10.3 Å². The highest BCUT2D eigenvalue weighted by Crippen LogP contribution is 2.16. The highest BCUT2D eigenvalue weighted by atomic mass is 15.3. The third-order valence-corrected chi connectivity index (χ3v) is 2.95. The number of hydrogen-bond donors (Lipinski definition) is 2. The molecule has 0 unspecified atom stereocenters. The molecule has 1 aromatic rings. The van der Waals surface area contributed by atoms with Crippen molar-refractivity contribution < 1.29 is 0 Å². The lowest BCUT2D eigenvalue weighted by Gasteiger charge is -2.18. The molecule has 16 heavy (non-hydrogen) atoms. The fourth-order valence-electron chi connectivity index (χ4n) is 2.14. The fourth-order valence-corrected chi connectivity index (χ4v) is 2.14. The van der Waals surface area contributed by atoms with E-state index in [-0.39, 0.29) is 0 Å². The van der Waals surface area contributed by atoms with Crippen LogP contribution in [0.25, 0.3) is 0 Å². The maximum Gasteiger partial charge on any atom is 0.0610 e. The Kier molecular flexibility index (Phi) is 4.93. The average molecular weight is 221 g/mol. The van der Waals surface area contributed by atoms with E-state index in [2.05, 4.69) is 50.3 Å². The first-order valence-corrected chi connectivity index (χ1v) is 5.73. The molecule has 1 rings (SSSR count). The van der Waals surface area contributed by atoms with Crippen LogP contribution in [-0.4, -0.2) is 25.2 Å². The van der Waals surface area contributed by atoms with Gasteiger partial charge >= 0.3 is 0 Å². The Hall–Kier alpha value is -0.900. The van der Waals surface area contributed by atoms with Crippen LogP contribution in [0.3, 0.4) is 0 Å². The third kappa shape index (κ3) is 3.59. The molecule has 90 valence electrons. The summed E-state index contributed by atoms with van der Waals surface area (Å²) in [4.78, 5) is 2.18. The smallest absolute Gasteiger partial charge is 0.0610 e. The van der Waals surface area contributed by atoms with Gasteiger partial charge in [-0.05, 0) is 50.9 Å². The van der Waals surface area contributed by atoms with E-state index >= 15 is 0 Å². The number of rotatable bonds is 5. The third-order valence-electron chi connectivity index (χ3n) is 2.95. The molecule has 0 saturated heterocycles. The number of nitrogens with two attached hydrogens (primary N) is 1. The minimum absolute atomic E-state index is 0.726. The van der Waals surface area contributed by atoms with Gasteiger partial charge in [-0.25, -0.2) is 5.43 Å². The molecule has 0 atom stereocenters. The first kappa shape index (κ1) is 13.2. The molecule has 0 radical (unpaired) electrons. The number of likely N-dealkylation sites (N-methyl/N-ethyl adjacent to an activating group) is 1. The van der Waals surface area contributed by atoms with Crippen molar-refractivity contribution in [3.8, 4) is 0 Å². The molecule has 0 bridgehead atoms. The van der Waals surface area contributed by atoms with Crippen LogP contribution in [0.4, 0.5) is 0 Å². The quantitative estimate of drug-likeness (QED) is 0.450. The van der Waals surface area contributed by atoms with Gasteiger partial charge in [0.2, 0.25) is 0 Å². The summed E-state index contributed by atoms with van der Waals surface area (Å²) in [6, 6.07) is 4.51. The minimum Gasteiger partial charge on any atom is -0.292 e. The van der Waals surface area contributed by atoms with Gasteiger partial charge in [0, 0.05) is 6.54 Å². The summed E-state index contributed by atoms with van der Waals surface area (Å²) >= 11 is 0. The second-order valence-electron chi connectivity index (χ2n) is 4.57. The predicted molar refractivity (Wildman–Crippen MR) is 69.2 cm³/mol. The van der Waals surface area contributed by atoms with Gasteiger partial charge in [-0.15, -0.1) is 0 Å². The summed E-state index contributed by atoms with van der Waals surface area (Å²) in [6.07, 6.45) is 1.08. The van der Waals surface area contributed by atoms with E-state index in [0.717, 1.165) is 19.6 Å². The Balaban J connectivity index is 2.67. The van der Waals surface area contributed by atoms with E-state index in [1.54, 1.807) is 0 Å². The molecule has 0 fully saturated rings. The van der Waals surface area contributed by atoms with E-state index in [1.165, 1.54) is 22.3 Å². The predicted octanol–water partition coefficient (Wildman–Crippen LogP) is 1.51. The van der Waals surface area contributed by atoms with Crippen molar-refractivity contribution in [2.45, 2.75) is 27.2 Å². The van der Waals surface area contributed by atoms with E-state index in [1.807, 2.05) is 0 Å². The monoisotopic (exact) mass is 221 g/mol. The van der Waals surface area contributed by atoms with Gasteiger partial charge in [-0.3, -0.25) is 10.7 Å². The molecule has 0 aliphatic rings. The van der Waals surface area contributed by atoms with E-state index in [0.29, 0.717) is 0 Å². The van der Waals surface area contributed by atoms with Gasteiger partial charge in [0.05, 0.1) is 6.67 Å². The summed E-state index contributed by atoms with van der Waals surface area (Å²) in [5, 5.41) is 0. The van der Waals surface area contributed by atoms with Crippen LogP contribution in [0.15, 0.2) is 12.1 Å². The number of aryl methyl sites for hydroxylation is 3. The molecule has 0 heterocycles. The van der Waals surface area contributed by atoms with Crippen molar-refractivity contribution in [3.05, 3.63) is 34.4 Å². The second-order valence-corrected chi connectivity index (χ2v) is 4.57. The molecule has 0 aliphatic carbocycles. The molecule has 0 spiro atoms. The SMILES string of the molecule is Cc1cc(C)c(CCN(C)CNN)c(C)c1. The highest BCUT2D eigenvalue weighted by molar-refractivity contribution is 5.37. The molecule has 0 aromatic heterocycles. The lowest BCUT2D eigenvalue weighted by molar-refractivity contribution is 0.312. The average Bonchev–Trinajstić information content (AvgIpc) is 2.16. The van der Waals surface area contributed by atoms with Crippen molar-refractivity contribution in [2.75, 3.05) is 20.3 Å². The maximum atomic E-state index is 5.29. The number of hydrogen-bond acceptors (Lipinski definition) is 3. The zero-order valence-electron chi connectivity index (χ0n) is 10.8. The normalized spacial score (nSPS) is 11.1. The van der Waals surface area contributed by atoms with Crippen molar-refractivity contribution in [3.63, 3.8) is 0 Å². The van der Waals surface area contributed by atoms with Gasteiger partial charge in [-0.2, -0.15) is 0 Å². The van der Waals surface area contributed by atoms with Gasteiger partial charge < -0.3 is 0 Å². The van der Waals surface area contributed by atoms with Gasteiger partial charge in [0.1, 0.15) is 0 Å². The maximum absolute atomic E-state index is 5.29. The zero-order chi connectivity index (χ0) is 12.1. The lowest BCUT2D eigenvalue weighted by atomic mass is 9.97. The molecule has 1 aromatic carbocycles. The number of benzene rings is 1. The Bertz CT molecular complexity index is 324. The number of nitrogens with zero attached hydrogens (tertiary/aromatic N) is 1. The van der Waals surface area contributed by atoms with Crippen LogP contribution >= 0.6 is 0 Å². The first-order chi connectivity index (χ1) is 7.54. The molecular formula is C13H23N3. The lowest BCUT2D eigenvalue weighted by Crippen LogP contribution is -2.36. The van der Waals surface area contributed by atoms with E-state index in [4.69, 9.17) is 5.84 Å². The summed E-state index contributed by atoms with van der Waals surface area (Å²) < 4.78 is 0. The summed E-state index contributed by atoms with van der Waals surface area (Å²) in [7, 11) is 2.07. The number of hydrazine groups is 1.